The van der Waals surface area contributed by atoms with Crippen molar-refractivity contribution in [3.05, 3.63) is 307 Å². The molecule has 0 heterocycles. The molecular weight excluding hydrogens is 843 g/mol. The second kappa shape index (κ2) is 17.2. The van der Waals surface area contributed by atoms with Gasteiger partial charge in [0.05, 0.1) is 11.1 Å². The number of rotatable bonds is 9. The molecule has 13 rings (SSSR count). The minimum Gasteiger partial charge on any atom is -0.310 e. The summed E-state index contributed by atoms with van der Waals surface area (Å²) in [5.41, 5.74) is 19.7. The molecule has 0 aromatic heterocycles. The van der Waals surface area contributed by atoms with Crippen molar-refractivity contribution in [1.82, 2.24) is 0 Å². The highest BCUT2D eigenvalue weighted by molar-refractivity contribution is 6.14. The molecule has 0 radical (unpaired) electrons. The molecule has 0 aliphatic heterocycles. The Morgan fingerprint density at radius 1 is 0.243 bits per heavy atom. The molecule has 0 saturated heterocycles. The van der Waals surface area contributed by atoms with Gasteiger partial charge in [0.25, 0.3) is 0 Å². The van der Waals surface area contributed by atoms with Crippen molar-refractivity contribution in [3.8, 4) is 55.6 Å². The van der Waals surface area contributed by atoms with Crippen LogP contribution < -0.4 is 4.90 Å². The molecule has 0 saturated carbocycles. The van der Waals surface area contributed by atoms with Crippen LogP contribution in [0.15, 0.2) is 285 Å². The Morgan fingerprint density at radius 3 is 1.44 bits per heavy atom. The highest BCUT2D eigenvalue weighted by Gasteiger charge is 2.46. The fraction of sp³-hybridized carbons (Fsp3) is 0.0145. The summed E-state index contributed by atoms with van der Waals surface area (Å²) in [6, 6.07) is 105. The van der Waals surface area contributed by atoms with Crippen LogP contribution in [0, 0.1) is 0 Å². The summed E-state index contributed by atoms with van der Waals surface area (Å²) in [7, 11) is 0. The van der Waals surface area contributed by atoms with E-state index in [4.69, 9.17) is 0 Å². The molecule has 0 fully saturated rings. The van der Waals surface area contributed by atoms with Crippen LogP contribution in [0.2, 0.25) is 0 Å². The van der Waals surface area contributed by atoms with Gasteiger partial charge in [-0.15, -0.1) is 0 Å². The van der Waals surface area contributed by atoms with Gasteiger partial charge in [-0.25, -0.2) is 0 Å². The van der Waals surface area contributed by atoms with Gasteiger partial charge in [-0.2, -0.15) is 0 Å². The van der Waals surface area contributed by atoms with Gasteiger partial charge < -0.3 is 4.90 Å². The molecular formula is C69H47N. The number of fused-ring (bicyclic) bond motifs is 6. The van der Waals surface area contributed by atoms with E-state index in [0.29, 0.717) is 0 Å². The molecule has 70 heavy (non-hydrogen) atoms. The maximum absolute atomic E-state index is 2.50. The summed E-state index contributed by atoms with van der Waals surface area (Å²) in [4.78, 5) is 2.50. The van der Waals surface area contributed by atoms with E-state index in [1.807, 2.05) is 0 Å². The second-order valence-corrected chi connectivity index (χ2v) is 18.4. The molecule has 1 aliphatic carbocycles. The van der Waals surface area contributed by atoms with E-state index in [1.54, 1.807) is 0 Å². The van der Waals surface area contributed by atoms with Crippen molar-refractivity contribution in [1.29, 1.82) is 0 Å². The highest BCUT2D eigenvalue weighted by atomic mass is 15.1. The first kappa shape index (κ1) is 41.2. The van der Waals surface area contributed by atoms with Gasteiger partial charge in [0.2, 0.25) is 0 Å². The third kappa shape index (κ3) is 6.86. The van der Waals surface area contributed by atoms with Crippen LogP contribution >= 0.6 is 0 Å². The molecule has 0 N–H and O–H groups in total. The van der Waals surface area contributed by atoms with E-state index in [-0.39, 0.29) is 0 Å². The van der Waals surface area contributed by atoms with Gasteiger partial charge in [0.15, 0.2) is 0 Å². The molecule has 0 amide bonds. The summed E-state index contributed by atoms with van der Waals surface area (Å²) >= 11 is 0. The summed E-state index contributed by atoms with van der Waals surface area (Å²) < 4.78 is 0. The standard InChI is InChI=1S/C69H47N/c1-5-20-48(21-6-1)51-25-19-26-52(44-51)49-36-39-57(40-37-49)70(58-41-43-64-63-34-17-18-35-66(63)69(67(64)47-58,55-27-9-3-10-28-55)56-29-11-4-12-30-56)68-46-54(38-42-60(68)50-22-7-2-8-23-50)65-45-53-24-13-14-31-59(53)61-32-15-16-33-62(61)65/h1-47H. The van der Waals surface area contributed by atoms with Gasteiger partial charge in [-0.3, -0.25) is 0 Å². The Labute approximate surface area is 409 Å². The Balaban J connectivity index is 1.07. The molecule has 1 nitrogen and oxygen atoms in total. The zero-order valence-corrected chi connectivity index (χ0v) is 38.6. The minimum atomic E-state index is -0.558. The molecule has 0 bridgehead atoms. The maximum atomic E-state index is 2.50. The monoisotopic (exact) mass is 889 g/mol. The van der Waals surface area contributed by atoms with E-state index in [9.17, 15) is 0 Å². The Hall–Kier alpha value is -9.04. The van der Waals surface area contributed by atoms with Crippen molar-refractivity contribution >= 4 is 38.6 Å². The van der Waals surface area contributed by atoms with Crippen molar-refractivity contribution in [2.24, 2.45) is 0 Å². The lowest BCUT2D eigenvalue weighted by Gasteiger charge is -2.35. The fourth-order valence-electron chi connectivity index (χ4n) is 11.3. The first-order valence-corrected chi connectivity index (χ1v) is 24.2. The molecule has 12 aromatic carbocycles. The van der Waals surface area contributed by atoms with Crippen LogP contribution in [0.25, 0.3) is 77.2 Å². The molecule has 1 aliphatic rings. The smallest absolute Gasteiger partial charge is 0.0714 e. The predicted octanol–water partition coefficient (Wildman–Crippen LogP) is 18.5. The molecule has 0 atom stereocenters. The first-order chi connectivity index (χ1) is 34.7. The quantitative estimate of drug-likeness (QED) is 0.131. The van der Waals surface area contributed by atoms with Crippen LogP contribution in [-0.4, -0.2) is 0 Å². The van der Waals surface area contributed by atoms with Crippen LogP contribution in [0.1, 0.15) is 22.3 Å². The molecule has 12 aromatic rings. The van der Waals surface area contributed by atoms with E-state index in [1.165, 1.54) is 77.2 Å². The van der Waals surface area contributed by atoms with Gasteiger partial charge >= 0.3 is 0 Å². The van der Waals surface area contributed by atoms with E-state index in [2.05, 4.69) is 290 Å². The van der Waals surface area contributed by atoms with Gasteiger partial charge in [0, 0.05) is 16.9 Å². The van der Waals surface area contributed by atoms with Crippen LogP contribution in [0.4, 0.5) is 17.1 Å². The van der Waals surface area contributed by atoms with E-state index >= 15 is 0 Å². The van der Waals surface area contributed by atoms with E-state index in [0.717, 1.165) is 39.3 Å². The summed E-state index contributed by atoms with van der Waals surface area (Å²) in [5, 5.41) is 4.98. The van der Waals surface area contributed by atoms with Crippen LogP contribution in [0.3, 0.4) is 0 Å². The Morgan fingerprint density at radius 2 is 0.743 bits per heavy atom. The number of benzene rings is 12. The average molecular weight is 890 g/mol. The topological polar surface area (TPSA) is 3.24 Å². The average Bonchev–Trinajstić information content (AvgIpc) is 3.74. The summed E-state index contributed by atoms with van der Waals surface area (Å²) in [6.45, 7) is 0. The van der Waals surface area contributed by atoms with E-state index < -0.39 is 5.41 Å². The summed E-state index contributed by atoms with van der Waals surface area (Å²) in [5.74, 6) is 0. The zero-order chi connectivity index (χ0) is 46.4. The number of hydrogen-bond acceptors (Lipinski definition) is 1. The van der Waals surface area contributed by atoms with Crippen molar-refractivity contribution in [3.63, 3.8) is 0 Å². The second-order valence-electron chi connectivity index (χ2n) is 18.4. The molecule has 328 valence electrons. The maximum Gasteiger partial charge on any atom is 0.0714 e. The van der Waals surface area contributed by atoms with Crippen molar-refractivity contribution < 1.29 is 0 Å². The minimum absolute atomic E-state index is 0.558. The van der Waals surface area contributed by atoms with Crippen LogP contribution in [0.5, 0.6) is 0 Å². The van der Waals surface area contributed by atoms with Crippen molar-refractivity contribution in [2.75, 3.05) is 4.90 Å². The zero-order valence-electron chi connectivity index (χ0n) is 38.6. The Kier molecular flexibility index (Phi) is 10.1. The third-order valence-electron chi connectivity index (χ3n) is 14.5. The third-order valence-corrected chi connectivity index (χ3v) is 14.5. The largest absolute Gasteiger partial charge is 0.310 e. The molecule has 1 heteroatoms. The normalized spacial score (nSPS) is 12.4. The lowest BCUT2D eigenvalue weighted by atomic mass is 9.67. The Bertz CT molecular complexity index is 3820. The molecule has 0 spiro atoms. The highest BCUT2D eigenvalue weighted by Crippen LogP contribution is 2.57. The summed E-state index contributed by atoms with van der Waals surface area (Å²) in [6.07, 6.45) is 0. The van der Waals surface area contributed by atoms with Gasteiger partial charge in [-0.05, 0) is 136 Å². The number of nitrogens with zero attached hydrogens (tertiary/aromatic N) is 1. The van der Waals surface area contributed by atoms with Gasteiger partial charge in [0.1, 0.15) is 0 Å². The lowest BCUT2D eigenvalue weighted by molar-refractivity contribution is 0.768. The SMILES string of the molecule is c1ccc(-c2cccc(-c3ccc(N(c4ccc5c(c4)C(c4ccccc4)(c4ccccc4)c4ccccc4-5)c4cc(-c5cc6ccccc6c6ccccc56)ccc4-c4ccccc4)cc3)c2)cc1. The number of hydrogen-bond donors (Lipinski definition) is 0. The molecule has 0 unspecified atom stereocenters. The van der Waals surface area contributed by atoms with Gasteiger partial charge in [-0.1, -0.05) is 243 Å². The fourth-order valence-corrected chi connectivity index (χ4v) is 11.3. The predicted molar refractivity (Wildman–Crippen MR) is 295 cm³/mol. The van der Waals surface area contributed by atoms with Crippen LogP contribution in [-0.2, 0) is 5.41 Å². The first-order valence-electron chi connectivity index (χ1n) is 24.2. The number of anilines is 3. The van der Waals surface area contributed by atoms with Crippen molar-refractivity contribution in [2.45, 2.75) is 5.41 Å². The lowest BCUT2D eigenvalue weighted by Crippen LogP contribution is -2.28.